The fourth-order valence-electron chi connectivity index (χ4n) is 3.56. The molecule has 6 nitrogen and oxygen atoms in total. The van der Waals surface area contributed by atoms with Crippen LogP contribution in [0.3, 0.4) is 0 Å². The third kappa shape index (κ3) is 5.53. The molecule has 1 aliphatic heterocycles. The third-order valence-corrected chi connectivity index (χ3v) is 5.62. The van der Waals surface area contributed by atoms with E-state index >= 15 is 0 Å². The maximum absolute atomic E-state index is 12.7. The fraction of sp³-hybridized carbons (Fsp3) is 0.417. The molecule has 0 bridgehead atoms. The van der Waals surface area contributed by atoms with Crippen molar-refractivity contribution >= 4 is 11.8 Å². The van der Waals surface area contributed by atoms with Gasteiger partial charge in [-0.05, 0) is 55.2 Å². The Kier molecular flexibility index (Phi) is 7.33. The molecule has 0 aliphatic carbocycles. The quantitative estimate of drug-likeness (QED) is 0.735. The molecule has 2 aromatic carbocycles. The molecule has 0 saturated carbocycles. The molecule has 0 spiro atoms. The first-order valence-electron chi connectivity index (χ1n) is 10.4. The summed E-state index contributed by atoms with van der Waals surface area (Å²) in [5, 5.41) is 0. The Bertz CT molecular complexity index is 879. The van der Waals surface area contributed by atoms with Gasteiger partial charge in [-0.25, -0.2) is 0 Å². The van der Waals surface area contributed by atoms with Crippen LogP contribution in [0, 0.1) is 13.8 Å². The lowest BCUT2D eigenvalue weighted by Crippen LogP contribution is -2.39. The van der Waals surface area contributed by atoms with Gasteiger partial charge >= 0.3 is 0 Å². The molecule has 1 saturated heterocycles. The summed E-state index contributed by atoms with van der Waals surface area (Å²) < 4.78 is 10.9. The number of ether oxygens (including phenoxy) is 2. The number of aryl methyl sites for hydroxylation is 1. The second kappa shape index (κ2) is 10.1. The first kappa shape index (κ1) is 21.7. The van der Waals surface area contributed by atoms with Crippen molar-refractivity contribution < 1.29 is 19.1 Å². The van der Waals surface area contributed by atoms with Gasteiger partial charge in [0.15, 0.2) is 6.61 Å². The molecule has 2 aromatic rings. The average molecular weight is 411 g/mol. The number of nitrogens with zero attached hydrogens (tertiary/aromatic N) is 2. The SMILES string of the molecule is COc1ccc(CC(=O)N2CCCN(C(=O)COc3cccc(C)c3C)CC2)cc1. The summed E-state index contributed by atoms with van der Waals surface area (Å²) >= 11 is 0. The number of hydrogen-bond acceptors (Lipinski definition) is 4. The van der Waals surface area contributed by atoms with E-state index in [4.69, 9.17) is 9.47 Å². The minimum atomic E-state index is -0.0413. The summed E-state index contributed by atoms with van der Waals surface area (Å²) in [7, 11) is 1.62. The van der Waals surface area contributed by atoms with Crippen molar-refractivity contribution in [2.45, 2.75) is 26.7 Å². The normalized spacial score (nSPS) is 14.2. The van der Waals surface area contributed by atoms with Crippen molar-refractivity contribution in [3.63, 3.8) is 0 Å². The van der Waals surface area contributed by atoms with Gasteiger partial charge in [-0.15, -0.1) is 0 Å². The highest BCUT2D eigenvalue weighted by Gasteiger charge is 2.22. The van der Waals surface area contributed by atoms with Crippen LogP contribution < -0.4 is 9.47 Å². The molecule has 0 N–H and O–H groups in total. The van der Waals surface area contributed by atoms with Gasteiger partial charge in [0.1, 0.15) is 11.5 Å². The van der Waals surface area contributed by atoms with Crippen LogP contribution >= 0.6 is 0 Å². The fourth-order valence-corrected chi connectivity index (χ4v) is 3.56. The molecular weight excluding hydrogens is 380 g/mol. The topological polar surface area (TPSA) is 59.1 Å². The van der Waals surface area contributed by atoms with Crippen molar-refractivity contribution in [3.8, 4) is 11.5 Å². The van der Waals surface area contributed by atoms with Gasteiger partial charge in [-0.3, -0.25) is 9.59 Å². The van der Waals surface area contributed by atoms with Gasteiger partial charge in [-0.2, -0.15) is 0 Å². The summed E-state index contributed by atoms with van der Waals surface area (Å²) in [4.78, 5) is 29.0. The monoisotopic (exact) mass is 410 g/mol. The van der Waals surface area contributed by atoms with E-state index in [2.05, 4.69) is 0 Å². The summed E-state index contributed by atoms with van der Waals surface area (Å²) in [6.07, 6.45) is 1.12. The zero-order valence-corrected chi connectivity index (χ0v) is 18.0. The van der Waals surface area contributed by atoms with Crippen LogP contribution in [0.5, 0.6) is 11.5 Å². The van der Waals surface area contributed by atoms with E-state index in [9.17, 15) is 9.59 Å². The highest BCUT2D eigenvalue weighted by molar-refractivity contribution is 5.80. The lowest BCUT2D eigenvalue weighted by Gasteiger charge is -2.22. The average Bonchev–Trinajstić information content (AvgIpc) is 3.01. The molecule has 0 unspecified atom stereocenters. The summed E-state index contributed by atoms with van der Waals surface area (Å²) in [5.74, 6) is 1.56. The Labute approximate surface area is 178 Å². The molecule has 0 aromatic heterocycles. The summed E-state index contributed by atoms with van der Waals surface area (Å²) in [6, 6.07) is 13.4. The molecule has 2 amide bonds. The van der Waals surface area contributed by atoms with Crippen molar-refractivity contribution in [2.75, 3.05) is 39.9 Å². The summed E-state index contributed by atoms with van der Waals surface area (Å²) in [5.41, 5.74) is 3.15. The molecule has 30 heavy (non-hydrogen) atoms. The maximum Gasteiger partial charge on any atom is 0.260 e. The summed E-state index contributed by atoms with van der Waals surface area (Å²) in [6.45, 7) is 6.42. The molecule has 6 heteroatoms. The van der Waals surface area contributed by atoms with Gasteiger partial charge in [0, 0.05) is 26.2 Å². The van der Waals surface area contributed by atoms with E-state index in [1.807, 2.05) is 61.2 Å². The van der Waals surface area contributed by atoms with Crippen LogP contribution in [-0.4, -0.2) is 61.5 Å². The van der Waals surface area contributed by atoms with Gasteiger partial charge < -0.3 is 19.3 Å². The third-order valence-electron chi connectivity index (χ3n) is 5.62. The zero-order chi connectivity index (χ0) is 21.5. The second-order valence-corrected chi connectivity index (χ2v) is 7.63. The molecule has 160 valence electrons. The van der Waals surface area contributed by atoms with Crippen LogP contribution in [0.2, 0.25) is 0 Å². The minimum absolute atomic E-state index is 0.0179. The van der Waals surface area contributed by atoms with E-state index in [-0.39, 0.29) is 18.4 Å². The van der Waals surface area contributed by atoms with Crippen LogP contribution in [0.4, 0.5) is 0 Å². The van der Waals surface area contributed by atoms with Crippen molar-refractivity contribution in [2.24, 2.45) is 0 Å². The Morgan fingerprint density at radius 1 is 0.900 bits per heavy atom. The Morgan fingerprint density at radius 2 is 1.57 bits per heavy atom. The lowest BCUT2D eigenvalue weighted by atomic mass is 10.1. The van der Waals surface area contributed by atoms with Crippen molar-refractivity contribution in [1.82, 2.24) is 9.80 Å². The number of methoxy groups -OCH3 is 1. The smallest absolute Gasteiger partial charge is 0.260 e. The standard InChI is InChI=1S/C24H30N2O4/c1-18-6-4-7-22(19(18)2)30-17-24(28)26-13-5-12-25(14-15-26)23(27)16-20-8-10-21(29-3)11-9-20/h4,6-11H,5,12-17H2,1-3H3. The van der Waals surface area contributed by atoms with E-state index in [1.54, 1.807) is 12.0 Å². The minimum Gasteiger partial charge on any atom is -0.497 e. The van der Waals surface area contributed by atoms with E-state index in [0.717, 1.165) is 34.6 Å². The van der Waals surface area contributed by atoms with Gasteiger partial charge in [0.05, 0.1) is 13.5 Å². The first-order chi connectivity index (χ1) is 14.5. The predicted octanol–water partition coefficient (Wildman–Crippen LogP) is 2.99. The van der Waals surface area contributed by atoms with Crippen LogP contribution in [0.15, 0.2) is 42.5 Å². The lowest BCUT2D eigenvalue weighted by molar-refractivity contribution is -0.134. The number of hydrogen-bond donors (Lipinski definition) is 0. The maximum atomic E-state index is 12.7. The van der Waals surface area contributed by atoms with Crippen LogP contribution in [-0.2, 0) is 16.0 Å². The Balaban J connectivity index is 1.50. The Hall–Kier alpha value is -3.02. The molecule has 1 heterocycles. The van der Waals surface area contributed by atoms with E-state index in [0.29, 0.717) is 32.6 Å². The van der Waals surface area contributed by atoms with Crippen molar-refractivity contribution in [3.05, 3.63) is 59.2 Å². The second-order valence-electron chi connectivity index (χ2n) is 7.63. The van der Waals surface area contributed by atoms with E-state index in [1.165, 1.54) is 0 Å². The number of carbonyl (C=O) groups is 2. The van der Waals surface area contributed by atoms with Crippen molar-refractivity contribution in [1.29, 1.82) is 0 Å². The highest BCUT2D eigenvalue weighted by atomic mass is 16.5. The largest absolute Gasteiger partial charge is 0.497 e. The highest BCUT2D eigenvalue weighted by Crippen LogP contribution is 2.20. The predicted molar refractivity (Wildman–Crippen MR) is 116 cm³/mol. The van der Waals surface area contributed by atoms with Crippen LogP contribution in [0.1, 0.15) is 23.1 Å². The molecule has 0 radical (unpaired) electrons. The van der Waals surface area contributed by atoms with E-state index < -0.39 is 0 Å². The number of amides is 2. The van der Waals surface area contributed by atoms with Gasteiger partial charge in [0.25, 0.3) is 5.91 Å². The molecule has 1 fully saturated rings. The van der Waals surface area contributed by atoms with Gasteiger partial charge in [0.2, 0.25) is 5.91 Å². The molecule has 0 atom stereocenters. The molecule has 1 aliphatic rings. The zero-order valence-electron chi connectivity index (χ0n) is 18.0. The first-order valence-corrected chi connectivity index (χ1v) is 10.4. The molecule has 3 rings (SSSR count). The number of benzene rings is 2. The number of carbonyl (C=O) groups excluding carboxylic acids is 2. The van der Waals surface area contributed by atoms with Crippen LogP contribution in [0.25, 0.3) is 0 Å². The Morgan fingerprint density at radius 3 is 2.23 bits per heavy atom. The number of rotatable bonds is 6. The van der Waals surface area contributed by atoms with Gasteiger partial charge in [-0.1, -0.05) is 24.3 Å². The molecular formula is C24H30N2O4.